The first-order valence-corrected chi connectivity index (χ1v) is 47.1. The van der Waals surface area contributed by atoms with Crippen LogP contribution in [0.5, 0.6) is 0 Å². The molecule has 25 aromatic rings. The van der Waals surface area contributed by atoms with Crippen LogP contribution in [0.3, 0.4) is 0 Å². The third-order valence-electron chi connectivity index (χ3n) is 24.0. The Balaban J connectivity index is 0.000000104. The second kappa shape index (κ2) is 37.2. The maximum Gasteiger partial charge on any atom is 0.160 e. The predicted molar refractivity (Wildman–Crippen MR) is 565 cm³/mol. The molecule has 0 aliphatic rings. The van der Waals surface area contributed by atoms with Crippen molar-refractivity contribution >= 4 is 151 Å². The molecule has 16 heteroatoms. The van der Waals surface area contributed by atoms with Crippen LogP contribution in [0.4, 0.5) is 0 Å². The van der Waals surface area contributed by atoms with Crippen LogP contribution in [0.15, 0.2) is 479 Å². The number of para-hydroxylation sites is 4. The maximum atomic E-state index is 5.15. The Morgan fingerprint density at radius 2 is 0.470 bits per heavy atom. The second-order valence-corrected chi connectivity index (χ2v) is 36.0. The first kappa shape index (κ1) is 83.8. The molecule has 11 aromatic heterocycles. The van der Waals surface area contributed by atoms with E-state index in [2.05, 4.69) is 423 Å². The minimum absolute atomic E-state index is 0.721. The summed E-state index contributed by atoms with van der Waals surface area (Å²) in [6.07, 6.45) is 7.26. The van der Waals surface area contributed by atoms with Crippen molar-refractivity contribution in [3.05, 3.63) is 479 Å². The van der Waals surface area contributed by atoms with Crippen LogP contribution in [-0.4, -0.2) is 58.1 Å². The van der Waals surface area contributed by atoms with E-state index in [0.29, 0.717) is 0 Å². The van der Waals surface area contributed by atoms with Crippen LogP contribution in [0.2, 0.25) is 0 Å². The molecular formula is C118H76Br4N12. The van der Waals surface area contributed by atoms with Gasteiger partial charge in [0.1, 0.15) is 5.82 Å². The van der Waals surface area contributed by atoms with E-state index < -0.39 is 0 Å². The molecule has 0 unspecified atom stereocenters. The SMILES string of the molecule is Brc1ccc2c(c1)c1ccccc1n2-c1cc(-c2ccccc2)cc(-c2ccccc2)n1.Brc1ccc2c(c1)c1ccccc1n2-c1cc(-c2ccccn2)cc(-c2ccccn2)c1.Brc1ccc2c(c1)c1ccccc1n2-c1cc(-c2ccccn2)nc(-c2ccccn2)c1.Brc1ccc2c(c1)c1ccccc1n2-c1ccc(-c2cc(-c3ccccc3)nc(-c3ccccc3)n2)cc1. The van der Waals surface area contributed by atoms with E-state index in [1.807, 2.05) is 128 Å². The average molecular weight is 1980 g/mol. The summed E-state index contributed by atoms with van der Waals surface area (Å²) in [5.74, 6) is 1.64. The summed E-state index contributed by atoms with van der Waals surface area (Å²) in [7, 11) is 0. The molecule has 0 N–H and O–H groups in total. The van der Waals surface area contributed by atoms with E-state index >= 15 is 0 Å². The van der Waals surface area contributed by atoms with Gasteiger partial charge in [0.25, 0.3) is 0 Å². The van der Waals surface area contributed by atoms with Gasteiger partial charge in [0, 0.05) is 131 Å². The third-order valence-corrected chi connectivity index (χ3v) is 26.0. The third kappa shape index (κ3) is 16.9. The van der Waals surface area contributed by atoms with Crippen LogP contribution in [0.25, 0.3) is 212 Å². The molecule has 0 radical (unpaired) electrons. The number of aromatic nitrogens is 12. The maximum absolute atomic E-state index is 5.15. The molecule has 0 bridgehead atoms. The Bertz CT molecular complexity index is 7840. The molecule has 0 atom stereocenters. The highest BCUT2D eigenvalue weighted by atomic mass is 79.9. The molecule has 0 spiro atoms. The number of pyridine rings is 6. The van der Waals surface area contributed by atoms with Crippen molar-refractivity contribution in [2.24, 2.45) is 0 Å². The topological polar surface area (TPSA) is 123 Å². The normalized spacial score (nSPS) is 11.3. The lowest BCUT2D eigenvalue weighted by Crippen LogP contribution is -2.00. The molecule has 0 amide bonds. The Hall–Kier alpha value is -15.8. The zero-order valence-corrected chi connectivity index (χ0v) is 78.1. The van der Waals surface area contributed by atoms with Crippen LogP contribution in [0, 0.1) is 0 Å². The molecule has 11 heterocycles. The van der Waals surface area contributed by atoms with Gasteiger partial charge in [-0.15, -0.1) is 0 Å². The highest BCUT2D eigenvalue weighted by molar-refractivity contribution is 9.11. The fourth-order valence-corrected chi connectivity index (χ4v) is 19.4. The molecule has 25 rings (SSSR count). The Labute approximate surface area is 806 Å². The molecule has 636 valence electrons. The first-order valence-electron chi connectivity index (χ1n) is 43.9. The zero-order chi connectivity index (χ0) is 90.0. The van der Waals surface area contributed by atoms with Crippen LogP contribution < -0.4 is 0 Å². The largest absolute Gasteiger partial charge is 0.309 e. The summed E-state index contributed by atoms with van der Waals surface area (Å²) >= 11 is 14.6. The number of nitrogens with zero attached hydrogens (tertiary/aromatic N) is 12. The summed E-state index contributed by atoms with van der Waals surface area (Å²) in [6, 6.07) is 151. The van der Waals surface area contributed by atoms with Crippen molar-refractivity contribution in [1.82, 2.24) is 58.1 Å². The van der Waals surface area contributed by atoms with Crippen LogP contribution in [0.1, 0.15) is 0 Å². The summed E-state index contributed by atoms with van der Waals surface area (Å²) < 4.78 is 13.5. The quantitative estimate of drug-likeness (QED) is 0.112. The lowest BCUT2D eigenvalue weighted by molar-refractivity contribution is 1.08. The second-order valence-electron chi connectivity index (χ2n) is 32.4. The molecule has 12 nitrogen and oxygen atoms in total. The van der Waals surface area contributed by atoms with Crippen molar-refractivity contribution in [3.8, 4) is 124 Å². The highest BCUT2D eigenvalue weighted by Crippen LogP contribution is 2.43. The van der Waals surface area contributed by atoms with E-state index in [4.69, 9.17) is 19.9 Å². The highest BCUT2D eigenvalue weighted by Gasteiger charge is 2.23. The van der Waals surface area contributed by atoms with Gasteiger partial charge in [-0.2, -0.15) is 0 Å². The summed E-state index contributed by atoms with van der Waals surface area (Å²) in [5.41, 5.74) is 29.1. The Morgan fingerprint density at radius 1 is 0.157 bits per heavy atom. The molecular weight excluding hydrogens is 1900 g/mol. The monoisotopic (exact) mass is 1980 g/mol. The van der Waals surface area contributed by atoms with Crippen LogP contribution >= 0.6 is 63.7 Å². The summed E-state index contributed by atoms with van der Waals surface area (Å²) in [5, 5.41) is 9.76. The lowest BCUT2D eigenvalue weighted by Gasteiger charge is -2.13. The number of benzene rings is 14. The van der Waals surface area contributed by atoms with E-state index in [1.54, 1.807) is 12.4 Å². The van der Waals surface area contributed by atoms with Gasteiger partial charge < -0.3 is 13.7 Å². The number of hydrogen-bond acceptors (Lipinski definition) is 8. The zero-order valence-electron chi connectivity index (χ0n) is 71.8. The van der Waals surface area contributed by atoms with Crippen molar-refractivity contribution < 1.29 is 0 Å². The smallest absolute Gasteiger partial charge is 0.160 e. The number of rotatable bonds is 13. The van der Waals surface area contributed by atoms with Gasteiger partial charge in [0.05, 0.1) is 101 Å². The van der Waals surface area contributed by atoms with Gasteiger partial charge in [0.15, 0.2) is 5.82 Å². The number of hydrogen-bond donors (Lipinski definition) is 0. The summed E-state index contributed by atoms with van der Waals surface area (Å²) in [6.45, 7) is 0. The van der Waals surface area contributed by atoms with Gasteiger partial charge in [-0.05, 0) is 217 Å². The van der Waals surface area contributed by atoms with Gasteiger partial charge in [-0.25, -0.2) is 19.9 Å². The molecule has 14 aromatic carbocycles. The molecule has 0 fully saturated rings. The van der Waals surface area contributed by atoms with E-state index in [1.165, 1.54) is 70.7 Å². The van der Waals surface area contributed by atoms with Crippen molar-refractivity contribution in [1.29, 1.82) is 0 Å². The van der Waals surface area contributed by atoms with E-state index in [-0.39, 0.29) is 0 Å². The molecule has 134 heavy (non-hydrogen) atoms. The van der Waals surface area contributed by atoms with Gasteiger partial charge in [-0.3, -0.25) is 24.5 Å². The van der Waals surface area contributed by atoms with Crippen molar-refractivity contribution in [2.75, 3.05) is 0 Å². The lowest BCUT2D eigenvalue weighted by atomic mass is 10.0. The molecule has 0 saturated carbocycles. The Kier molecular flexibility index (Phi) is 23.3. The minimum atomic E-state index is 0.721. The average Bonchev–Trinajstić information content (AvgIpc) is 1.60. The predicted octanol–water partition coefficient (Wildman–Crippen LogP) is 32.3. The van der Waals surface area contributed by atoms with E-state index in [9.17, 15) is 0 Å². The standard InChI is InChI=1S/C34H22BrN3.C29H19BrN2.C28H18BrN3.C27H17BrN4/c35-26-17-20-33-29(21-26)28-13-7-8-14-32(28)38(33)27-18-15-24(16-19-27)31-22-30(23-9-3-1-4-10-23)36-34(37-31)25-11-5-2-6-12-25;30-23-15-16-28-25(19-23)24-13-7-8-14-27(24)32(28)29-18-22(20-9-3-1-4-10-20)17-26(31-29)21-11-5-2-6-12-21;29-21-11-12-28-24(18-21)23-7-1-2-10-27(23)32(28)22-16-19(25-8-3-5-13-30-25)15-20(17-22)26-9-4-6-14-31-26;28-18-11-12-27-21(15-18)20-7-1-2-10-26(20)32(27)19-16-24(22-8-3-5-13-29-22)31-25(17-19)23-9-4-6-14-30-23/h1-22H;1-19H;1-18H;1-17H. The van der Waals surface area contributed by atoms with Gasteiger partial charge in [-0.1, -0.05) is 294 Å². The van der Waals surface area contributed by atoms with Gasteiger partial charge >= 0.3 is 0 Å². The van der Waals surface area contributed by atoms with Crippen molar-refractivity contribution in [2.45, 2.75) is 0 Å². The molecule has 0 aliphatic carbocycles. The number of fused-ring (bicyclic) bond motifs is 12. The fraction of sp³-hybridized carbons (Fsp3) is 0. The van der Waals surface area contributed by atoms with Crippen molar-refractivity contribution in [3.63, 3.8) is 0 Å². The molecule has 0 aliphatic heterocycles. The first-order chi connectivity index (χ1) is 66.1. The van der Waals surface area contributed by atoms with Gasteiger partial charge in [0.2, 0.25) is 0 Å². The fourth-order valence-electron chi connectivity index (χ4n) is 17.9. The summed E-state index contributed by atoms with van der Waals surface area (Å²) in [4.78, 5) is 38.3. The van der Waals surface area contributed by atoms with Crippen LogP contribution in [-0.2, 0) is 0 Å². The Morgan fingerprint density at radius 3 is 0.866 bits per heavy atom. The molecule has 0 saturated heterocycles. The minimum Gasteiger partial charge on any atom is -0.309 e. The van der Waals surface area contributed by atoms with E-state index in [0.717, 1.165) is 159 Å². The number of halogens is 4.